The van der Waals surface area contributed by atoms with Crippen LogP contribution in [0.4, 0.5) is 15.9 Å². The average Bonchev–Trinajstić information content (AvgIpc) is 2.64. The lowest BCUT2D eigenvalue weighted by molar-refractivity contribution is -0.118. The van der Waals surface area contributed by atoms with Crippen molar-refractivity contribution in [1.29, 1.82) is 0 Å². The zero-order valence-electron chi connectivity index (χ0n) is 12.9. The molecule has 2 aromatic rings. The van der Waals surface area contributed by atoms with Gasteiger partial charge in [-0.05, 0) is 12.1 Å². The lowest BCUT2D eigenvalue weighted by Crippen LogP contribution is -2.46. The molecule has 0 spiro atoms. The first-order chi connectivity index (χ1) is 11.7. The van der Waals surface area contributed by atoms with Gasteiger partial charge < -0.3 is 15.1 Å². The normalized spacial score (nSPS) is 14.4. The van der Waals surface area contributed by atoms with E-state index in [4.69, 9.17) is 0 Å². The lowest BCUT2D eigenvalue weighted by atomic mass is 10.2. The van der Waals surface area contributed by atoms with Crippen LogP contribution in [0.2, 0.25) is 0 Å². The summed E-state index contributed by atoms with van der Waals surface area (Å²) >= 11 is 0. The van der Waals surface area contributed by atoms with E-state index >= 15 is 0 Å². The number of carbonyl (C=O) groups excluding carboxylic acids is 2. The predicted octanol–water partition coefficient (Wildman–Crippen LogP) is 1.15. The van der Waals surface area contributed by atoms with Crippen LogP contribution >= 0.6 is 0 Å². The van der Waals surface area contributed by atoms with Crippen molar-refractivity contribution in [2.75, 3.05) is 36.4 Å². The van der Waals surface area contributed by atoms with Crippen LogP contribution in [0.3, 0.4) is 0 Å². The molecule has 24 heavy (non-hydrogen) atoms. The largest absolute Gasteiger partial charge is 0.353 e. The van der Waals surface area contributed by atoms with Gasteiger partial charge in [0, 0.05) is 32.2 Å². The number of benzene rings is 1. The molecule has 0 unspecified atom stereocenters. The molecule has 0 radical (unpaired) electrons. The van der Waals surface area contributed by atoms with Crippen LogP contribution in [0.1, 0.15) is 10.5 Å². The minimum atomic E-state index is -0.509. The smallest absolute Gasteiger partial charge is 0.274 e. The highest BCUT2D eigenvalue weighted by atomic mass is 19.1. The first kappa shape index (κ1) is 15.9. The summed E-state index contributed by atoms with van der Waals surface area (Å²) in [6.07, 6.45) is 2.13. The first-order valence-electron chi connectivity index (χ1n) is 7.49. The SMILES string of the molecule is O=CN1CCN(c2cc(C(=O)Nc3ccccc3F)ncn2)CC1. The fourth-order valence-corrected chi connectivity index (χ4v) is 2.45. The number of amides is 2. The molecule has 1 aromatic carbocycles. The van der Waals surface area contributed by atoms with E-state index in [1.54, 1.807) is 23.1 Å². The molecule has 3 rings (SSSR count). The van der Waals surface area contributed by atoms with Crippen molar-refractivity contribution in [1.82, 2.24) is 14.9 Å². The summed E-state index contributed by atoms with van der Waals surface area (Å²) in [4.78, 5) is 34.8. The van der Waals surface area contributed by atoms with Crippen molar-refractivity contribution < 1.29 is 14.0 Å². The summed E-state index contributed by atoms with van der Waals surface area (Å²) in [6, 6.07) is 7.50. The summed E-state index contributed by atoms with van der Waals surface area (Å²) in [5.74, 6) is -0.408. The molecule has 1 saturated heterocycles. The third-order valence-electron chi connectivity index (χ3n) is 3.79. The Kier molecular flexibility index (Phi) is 4.64. The molecule has 124 valence electrons. The van der Waals surface area contributed by atoms with Gasteiger partial charge >= 0.3 is 0 Å². The number of nitrogens with zero attached hydrogens (tertiary/aromatic N) is 4. The Balaban J connectivity index is 1.72. The molecule has 2 heterocycles. The zero-order chi connectivity index (χ0) is 16.9. The number of anilines is 2. The monoisotopic (exact) mass is 329 g/mol. The summed E-state index contributed by atoms with van der Waals surface area (Å²) in [5.41, 5.74) is 0.253. The van der Waals surface area contributed by atoms with Crippen molar-refractivity contribution in [2.24, 2.45) is 0 Å². The maximum atomic E-state index is 13.6. The van der Waals surface area contributed by atoms with Crippen molar-refractivity contribution >= 4 is 23.8 Å². The molecule has 7 nitrogen and oxygen atoms in total. The number of piperazine rings is 1. The third-order valence-corrected chi connectivity index (χ3v) is 3.79. The zero-order valence-corrected chi connectivity index (χ0v) is 12.9. The van der Waals surface area contributed by atoms with E-state index in [0.717, 1.165) is 6.41 Å². The molecule has 0 saturated carbocycles. The number of hydrogen-bond acceptors (Lipinski definition) is 5. The number of rotatable bonds is 4. The summed E-state index contributed by atoms with van der Waals surface area (Å²) < 4.78 is 13.6. The van der Waals surface area contributed by atoms with Crippen LogP contribution in [0.25, 0.3) is 0 Å². The second-order valence-electron chi connectivity index (χ2n) is 5.32. The van der Waals surface area contributed by atoms with Crippen molar-refractivity contribution in [2.45, 2.75) is 0 Å². The van der Waals surface area contributed by atoms with E-state index < -0.39 is 11.7 Å². The lowest BCUT2D eigenvalue weighted by Gasteiger charge is -2.33. The van der Waals surface area contributed by atoms with E-state index in [1.807, 2.05) is 4.90 Å². The Morgan fingerprint density at radius 2 is 1.92 bits per heavy atom. The van der Waals surface area contributed by atoms with Crippen molar-refractivity contribution in [3.8, 4) is 0 Å². The highest BCUT2D eigenvalue weighted by molar-refractivity contribution is 6.03. The molecule has 1 aliphatic heterocycles. The van der Waals surface area contributed by atoms with Crippen LogP contribution < -0.4 is 10.2 Å². The molecule has 8 heteroatoms. The van der Waals surface area contributed by atoms with Crippen LogP contribution in [0.5, 0.6) is 0 Å². The number of nitrogens with one attached hydrogen (secondary N) is 1. The summed E-state index contributed by atoms with van der Waals surface area (Å²) in [7, 11) is 0. The standard InChI is InChI=1S/C16H16FN5O2/c17-12-3-1-2-4-13(12)20-16(24)14-9-15(19-10-18-14)22-7-5-21(11-23)6-8-22/h1-4,9-11H,5-8H2,(H,20,24). The average molecular weight is 329 g/mol. The van der Waals surface area contributed by atoms with E-state index in [0.29, 0.717) is 32.0 Å². The molecular weight excluding hydrogens is 313 g/mol. The molecule has 0 atom stereocenters. The molecular formula is C16H16FN5O2. The van der Waals surface area contributed by atoms with Gasteiger partial charge in [0.1, 0.15) is 23.7 Å². The quantitative estimate of drug-likeness (QED) is 0.851. The molecule has 1 fully saturated rings. The van der Waals surface area contributed by atoms with Gasteiger partial charge in [-0.3, -0.25) is 9.59 Å². The van der Waals surface area contributed by atoms with E-state index in [-0.39, 0.29) is 11.4 Å². The van der Waals surface area contributed by atoms with E-state index in [1.165, 1.54) is 18.5 Å². The van der Waals surface area contributed by atoms with Crippen molar-refractivity contribution in [3.05, 3.63) is 48.2 Å². The van der Waals surface area contributed by atoms with Gasteiger partial charge in [-0.2, -0.15) is 0 Å². The fraction of sp³-hybridized carbons (Fsp3) is 0.250. The van der Waals surface area contributed by atoms with Gasteiger partial charge in [-0.1, -0.05) is 12.1 Å². The Bertz CT molecular complexity index is 747. The van der Waals surface area contributed by atoms with Gasteiger partial charge in [0.25, 0.3) is 5.91 Å². The molecule has 1 aliphatic rings. The van der Waals surface area contributed by atoms with Crippen molar-refractivity contribution in [3.63, 3.8) is 0 Å². The molecule has 0 aliphatic carbocycles. The van der Waals surface area contributed by atoms with Crippen LogP contribution in [0, 0.1) is 5.82 Å². The van der Waals surface area contributed by atoms with Gasteiger partial charge in [0.05, 0.1) is 5.69 Å². The first-order valence-corrected chi connectivity index (χ1v) is 7.49. The van der Waals surface area contributed by atoms with E-state index in [2.05, 4.69) is 15.3 Å². The van der Waals surface area contributed by atoms with Gasteiger partial charge in [0.2, 0.25) is 6.41 Å². The minimum Gasteiger partial charge on any atom is -0.353 e. The second kappa shape index (κ2) is 7.03. The van der Waals surface area contributed by atoms with Crippen LogP contribution in [-0.2, 0) is 4.79 Å². The molecule has 1 N–H and O–H groups in total. The number of hydrogen-bond donors (Lipinski definition) is 1. The maximum Gasteiger partial charge on any atom is 0.274 e. The number of para-hydroxylation sites is 1. The molecule has 0 bridgehead atoms. The Hall–Kier alpha value is -3.03. The molecule has 2 amide bonds. The van der Waals surface area contributed by atoms with Gasteiger partial charge in [0.15, 0.2) is 0 Å². The Labute approximate surface area is 138 Å². The second-order valence-corrected chi connectivity index (χ2v) is 5.32. The minimum absolute atomic E-state index is 0.0993. The van der Waals surface area contributed by atoms with E-state index in [9.17, 15) is 14.0 Å². The van der Waals surface area contributed by atoms with Gasteiger partial charge in [-0.25, -0.2) is 14.4 Å². The molecule has 1 aromatic heterocycles. The Morgan fingerprint density at radius 1 is 1.17 bits per heavy atom. The van der Waals surface area contributed by atoms with Gasteiger partial charge in [-0.15, -0.1) is 0 Å². The fourth-order valence-electron chi connectivity index (χ4n) is 2.45. The van der Waals surface area contributed by atoms with Crippen LogP contribution in [-0.4, -0.2) is 53.4 Å². The maximum absolute atomic E-state index is 13.6. The highest BCUT2D eigenvalue weighted by Gasteiger charge is 2.18. The summed E-state index contributed by atoms with van der Waals surface area (Å²) in [6.45, 7) is 2.46. The highest BCUT2D eigenvalue weighted by Crippen LogP contribution is 2.16. The number of carbonyl (C=O) groups is 2. The predicted molar refractivity (Wildman–Crippen MR) is 86.2 cm³/mol. The van der Waals surface area contributed by atoms with Crippen LogP contribution in [0.15, 0.2) is 36.7 Å². The number of halogens is 1. The number of aromatic nitrogens is 2. The Morgan fingerprint density at radius 3 is 2.62 bits per heavy atom. The third kappa shape index (κ3) is 3.48. The summed E-state index contributed by atoms with van der Waals surface area (Å²) in [5, 5.41) is 2.50. The topological polar surface area (TPSA) is 78.4 Å².